The first-order chi connectivity index (χ1) is 14.1. The van der Waals surface area contributed by atoms with Crippen molar-refractivity contribution >= 4 is 23.7 Å². The number of hydrogen-bond donors (Lipinski definition) is 1. The van der Waals surface area contributed by atoms with Gasteiger partial charge in [-0.1, -0.05) is 54.6 Å². The van der Waals surface area contributed by atoms with E-state index in [1.165, 1.54) is 11.8 Å². The molecule has 5 atom stereocenters. The standard InChI is InChI=1S/C24H22N2O3/c1-15(27)21-19-20(22-18-10-6-5-9-17(18)12-14-25(21)22)24(29)26(23(19)28)13-11-16-7-3-2-4-8-16/h2-10,12,14,19-22H,11,13H2,1H3/p+1/t19-,20+,21-,22+/m1/s1. The van der Waals surface area contributed by atoms with Gasteiger partial charge in [-0.05, 0) is 23.6 Å². The summed E-state index contributed by atoms with van der Waals surface area (Å²) in [5, 5.41) is 0. The fourth-order valence-electron chi connectivity index (χ4n) is 5.39. The molecule has 0 bridgehead atoms. The summed E-state index contributed by atoms with van der Waals surface area (Å²) in [6.45, 7) is 1.90. The zero-order chi connectivity index (χ0) is 20.1. The second-order valence-corrected chi connectivity index (χ2v) is 8.14. The number of quaternary nitrogens is 1. The van der Waals surface area contributed by atoms with Crippen LogP contribution in [0, 0.1) is 11.8 Å². The molecule has 0 aromatic heterocycles. The molecule has 2 aromatic rings. The number of benzene rings is 2. The first-order valence-electron chi connectivity index (χ1n) is 10.1. The number of hydrogen-bond acceptors (Lipinski definition) is 3. The first-order valence-corrected chi connectivity index (χ1v) is 10.1. The van der Waals surface area contributed by atoms with Crippen molar-refractivity contribution in [3.63, 3.8) is 0 Å². The van der Waals surface area contributed by atoms with Gasteiger partial charge in [0.1, 0.15) is 17.9 Å². The third-order valence-electron chi connectivity index (χ3n) is 6.62. The molecule has 5 heteroatoms. The van der Waals surface area contributed by atoms with Crippen molar-refractivity contribution in [2.24, 2.45) is 11.8 Å². The topological polar surface area (TPSA) is 58.9 Å². The SMILES string of the molecule is CC(=O)[C@@H]1[C@@H]2C(=O)N(CCc3ccccc3)C(=O)[C@@H]2[C@@H]2c3ccccc3C=C[NH+]12. The van der Waals surface area contributed by atoms with E-state index in [9.17, 15) is 14.4 Å². The van der Waals surface area contributed by atoms with E-state index in [-0.39, 0.29) is 23.6 Å². The van der Waals surface area contributed by atoms with Crippen LogP contribution in [-0.2, 0) is 20.8 Å². The predicted molar refractivity (Wildman–Crippen MR) is 107 cm³/mol. The monoisotopic (exact) mass is 387 g/mol. The van der Waals surface area contributed by atoms with Gasteiger partial charge in [-0.3, -0.25) is 24.2 Å². The van der Waals surface area contributed by atoms with Gasteiger partial charge in [-0.25, -0.2) is 0 Å². The van der Waals surface area contributed by atoms with Crippen molar-refractivity contribution in [3.05, 3.63) is 77.5 Å². The second kappa shape index (κ2) is 6.78. The molecule has 2 amide bonds. The second-order valence-electron chi connectivity index (χ2n) is 8.14. The number of amides is 2. The Balaban J connectivity index is 1.50. The minimum atomic E-state index is -0.577. The van der Waals surface area contributed by atoms with E-state index in [4.69, 9.17) is 0 Å². The minimum Gasteiger partial charge on any atom is -0.293 e. The van der Waals surface area contributed by atoms with Crippen LogP contribution in [0.25, 0.3) is 6.08 Å². The van der Waals surface area contributed by atoms with E-state index in [1.54, 1.807) is 0 Å². The fraction of sp³-hybridized carbons (Fsp3) is 0.292. The number of carbonyl (C=O) groups is 3. The molecule has 0 spiro atoms. The molecular formula is C24H23N2O3+. The maximum Gasteiger partial charge on any atom is 0.239 e. The van der Waals surface area contributed by atoms with Crippen molar-refractivity contribution in [1.82, 2.24) is 4.90 Å². The molecule has 1 unspecified atom stereocenters. The van der Waals surface area contributed by atoms with E-state index in [2.05, 4.69) is 0 Å². The minimum absolute atomic E-state index is 0.0346. The summed E-state index contributed by atoms with van der Waals surface area (Å²) < 4.78 is 0. The van der Waals surface area contributed by atoms with Crippen LogP contribution in [0.1, 0.15) is 29.7 Å². The summed E-state index contributed by atoms with van der Waals surface area (Å²) in [4.78, 5) is 41.6. The van der Waals surface area contributed by atoms with Crippen molar-refractivity contribution in [2.75, 3.05) is 6.54 Å². The Hall–Kier alpha value is -3.05. The quantitative estimate of drug-likeness (QED) is 0.807. The molecule has 2 saturated heterocycles. The van der Waals surface area contributed by atoms with Gasteiger partial charge < -0.3 is 0 Å². The van der Waals surface area contributed by atoms with Crippen molar-refractivity contribution in [3.8, 4) is 0 Å². The summed E-state index contributed by atoms with van der Waals surface area (Å²) in [5.74, 6) is -1.41. The molecule has 3 heterocycles. The Morgan fingerprint density at radius 1 is 0.966 bits per heavy atom. The molecular weight excluding hydrogens is 364 g/mol. The fourth-order valence-corrected chi connectivity index (χ4v) is 5.39. The van der Waals surface area contributed by atoms with Crippen molar-refractivity contribution in [1.29, 1.82) is 0 Å². The molecule has 0 aliphatic carbocycles. The van der Waals surface area contributed by atoms with Crippen LogP contribution in [0.4, 0.5) is 0 Å². The highest BCUT2D eigenvalue weighted by Gasteiger charge is 2.67. The van der Waals surface area contributed by atoms with E-state index in [0.29, 0.717) is 13.0 Å². The largest absolute Gasteiger partial charge is 0.293 e. The molecule has 3 aliphatic rings. The smallest absolute Gasteiger partial charge is 0.239 e. The van der Waals surface area contributed by atoms with Gasteiger partial charge in [0.05, 0.1) is 6.20 Å². The predicted octanol–water partition coefficient (Wildman–Crippen LogP) is 1.41. The number of likely N-dealkylation sites (tertiary alicyclic amines) is 1. The summed E-state index contributed by atoms with van der Waals surface area (Å²) >= 11 is 0. The molecule has 5 rings (SSSR count). The normalized spacial score (nSPS) is 29.6. The van der Waals surface area contributed by atoms with E-state index in [1.807, 2.05) is 66.9 Å². The van der Waals surface area contributed by atoms with Gasteiger partial charge in [0.25, 0.3) is 0 Å². The molecule has 2 aromatic carbocycles. The molecule has 29 heavy (non-hydrogen) atoms. The third-order valence-corrected chi connectivity index (χ3v) is 6.62. The molecule has 2 fully saturated rings. The van der Waals surface area contributed by atoms with Crippen molar-refractivity contribution < 1.29 is 19.3 Å². The van der Waals surface area contributed by atoms with Crippen LogP contribution >= 0.6 is 0 Å². The van der Waals surface area contributed by atoms with Gasteiger partial charge >= 0.3 is 0 Å². The van der Waals surface area contributed by atoms with E-state index < -0.39 is 17.9 Å². The maximum absolute atomic E-state index is 13.4. The Bertz CT molecular complexity index is 1030. The number of carbonyl (C=O) groups excluding carboxylic acids is 3. The summed E-state index contributed by atoms with van der Waals surface area (Å²) in [7, 11) is 0. The highest BCUT2D eigenvalue weighted by atomic mass is 16.2. The molecule has 0 saturated carbocycles. The van der Waals surface area contributed by atoms with Crippen LogP contribution in [0.15, 0.2) is 60.8 Å². The highest BCUT2D eigenvalue weighted by molar-refractivity contribution is 6.08. The lowest BCUT2D eigenvalue weighted by Crippen LogP contribution is -3.12. The number of ketones is 1. The lowest BCUT2D eigenvalue weighted by molar-refractivity contribution is -0.884. The van der Waals surface area contributed by atoms with Gasteiger partial charge in [0.15, 0.2) is 11.8 Å². The summed E-state index contributed by atoms with van der Waals surface area (Å²) in [6, 6.07) is 17.1. The lowest BCUT2D eigenvalue weighted by atomic mass is 9.84. The average molecular weight is 387 g/mol. The van der Waals surface area contributed by atoms with E-state index >= 15 is 0 Å². The number of Topliss-reactive ketones (excluding diaryl/α,β-unsaturated/α-hetero) is 1. The Morgan fingerprint density at radius 2 is 1.66 bits per heavy atom. The molecule has 146 valence electrons. The Morgan fingerprint density at radius 3 is 2.41 bits per heavy atom. The lowest BCUT2D eigenvalue weighted by Gasteiger charge is -2.30. The maximum atomic E-state index is 13.4. The number of nitrogens with one attached hydrogen (secondary N) is 1. The van der Waals surface area contributed by atoms with Crippen LogP contribution in [-0.4, -0.2) is 35.1 Å². The Kier molecular flexibility index (Phi) is 4.21. The zero-order valence-corrected chi connectivity index (χ0v) is 16.2. The number of fused-ring (bicyclic) bond motifs is 5. The molecule has 0 radical (unpaired) electrons. The number of nitrogens with zero attached hydrogens (tertiary/aromatic N) is 1. The zero-order valence-electron chi connectivity index (χ0n) is 16.2. The van der Waals surface area contributed by atoms with Crippen molar-refractivity contribution in [2.45, 2.75) is 25.4 Å². The average Bonchev–Trinajstić information content (AvgIpc) is 3.21. The number of imide groups is 1. The van der Waals surface area contributed by atoms with Gasteiger partial charge in [0.2, 0.25) is 11.8 Å². The highest BCUT2D eigenvalue weighted by Crippen LogP contribution is 2.43. The summed E-state index contributed by atoms with van der Waals surface area (Å²) in [6.07, 6.45) is 4.59. The van der Waals surface area contributed by atoms with Crippen LogP contribution in [0.5, 0.6) is 0 Å². The first kappa shape index (κ1) is 18.0. The van der Waals surface area contributed by atoms with Crippen LogP contribution < -0.4 is 4.90 Å². The van der Waals surface area contributed by atoms with E-state index in [0.717, 1.165) is 21.6 Å². The molecule has 3 aliphatic heterocycles. The number of rotatable bonds is 4. The van der Waals surface area contributed by atoms with Crippen LogP contribution in [0.2, 0.25) is 0 Å². The molecule has 5 nitrogen and oxygen atoms in total. The molecule has 1 N–H and O–H groups in total. The summed E-state index contributed by atoms with van der Waals surface area (Å²) in [5.41, 5.74) is 3.20. The Labute approximate surface area is 169 Å². The van der Waals surface area contributed by atoms with Crippen LogP contribution in [0.3, 0.4) is 0 Å². The van der Waals surface area contributed by atoms with Gasteiger partial charge in [0, 0.05) is 19.0 Å². The van der Waals surface area contributed by atoms with Gasteiger partial charge in [-0.15, -0.1) is 0 Å². The third kappa shape index (κ3) is 2.69. The van der Waals surface area contributed by atoms with Gasteiger partial charge in [-0.2, -0.15) is 0 Å².